The average Bonchev–Trinajstić information content (AvgIpc) is 3.27. The third-order valence-corrected chi connectivity index (χ3v) is 10.2. The molecular weight excluding hydrogens is 741 g/mol. The molecule has 0 radical (unpaired) electrons. The highest BCUT2D eigenvalue weighted by molar-refractivity contribution is 5.17. The van der Waals surface area contributed by atoms with E-state index in [-0.39, 0.29) is 39.6 Å². The van der Waals surface area contributed by atoms with E-state index in [1.165, 1.54) is 0 Å². The predicted octanol–water partition coefficient (Wildman–Crippen LogP) is 5.73. The molecule has 11 heteroatoms. The first-order valence-corrected chi connectivity index (χ1v) is 19.7. The summed E-state index contributed by atoms with van der Waals surface area (Å²) < 4.78 is 52.0. The van der Waals surface area contributed by atoms with E-state index in [1.54, 1.807) is 0 Å². The van der Waals surface area contributed by atoms with Crippen molar-refractivity contribution < 1.29 is 53.2 Å². The molecule has 2 aliphatic heterocycles. The average molecular weight is 793 g/mol. The molecule has 7 unspecified atom stereocenters. The van der Waals surface area contributed by atoms with Crippen LogP contribution in [0.2, 0.25) is 0 Å². The molecule has 5 aromatic carbocycles. The van der Waals surface area contributed by atoms with Gasteiger partial charge in [0.05, 0.1) is 46.2 Å². The summed E-state index contributed by atoms with van der Waals surface area (Å²) in [6, 6.07) is 48.3. The summed E-state index contributed by atoms with van der Waals surface area (Å²) in [6.45, 7) is 0.413. The lowest BCUT2D eigenvalue weighted by Crippen LogP contribution is -2.66. The van der Waals surface area contributed by atoms with Gasteiger partial charge in [-0.1, -0.05) is 152 Å². The van der Waals surface area contributed by atoms with Crippen molar-refractivity contribution in [2.45, 2.75) is 94.4 Å². The lowest BCUT2D eigenvalue weighted by molar-refractivity contribution is -0.371. The Morgan fingerprint density at radius 1 is 0.414 bits per heavy atom. The van der Waals surface area contributed by atoms with Crippen LogP contribution in [0.5, 0.6) is 0 Å². The number of benzene rings is 5. The van der Waals surface area contributed by atoms with Crippen molar-refractivity contribution in [3.8, 4) is 0 Å². The molecule has 0 spiro atoms. The first-order valence-electron chi connectivity index (χ1n) is 19.7. The van der Waals surface area contributed by atoms with Crippen molar-refractivity contribution in [1.29, 1.82) is 0 Å². The monoisotopic (exact) mass is 792 g/mol. The van der Waals surface area contributed by atoms with Gasteiger partial charge >= 0.3 is 0 Å². The number of hydrogen-bond donors (Lipinski definition) is 3. The van der Waals surface area contributed by atoms with E-state index in [0.29, 0.717) is 0 Å². The van der Waals surface area contributed by atoms with E-state index in [0.717, 1.165) is 27.8 Å². The zero-order valence-corrected chi connectivity index (χ0v) is 32.3. The Balaban J connectivity index is 1.22. The van der Waals surface area contributed by atoms with E-state index in [1.807, 2.05) is 152 Å². The third kappa shape index (κ3) is 11.4. The number of ether oxygens (including phenoxy) is 8. The molecule has 306 valence electrons. The van der Waals surface area contributed by atoms with Crippen molar-refractivity contribution >= 4 is 0 Å². The Hall–Kier alpha value is -4.34. The van der Waals surface area contributed by atoms with E-state index in [2.05, 4.69) is 0 Å². The maximum Gasteiger partial charge on any atom is 0.187 e. The maximum absolute atomic E-state index is 11.6. The van der Waals surface area contributed by atoms with Crippen LogP contribution in [0.25, 0.3) is 0 Å². The molecule has 7 rings (SSSR count). The molecule has 2 heterocycles. The molecule has 2 saturated heterocycles. The molecule has 2 aliphatic rings. The predicted molar refractivity (Wildman–Crippen MR) is 214 cm³/mol. The van der Waals surface area contributed by atoms with Gasteiger partial charge in [-0.3, -0.25) is 0 Å². The summed E-state index contributed by atoms with van der Waals surface area (Å²) in [5.41, 5.74) is 4.53. The Labute approximate surface area is 339 Å². The second kappa shape index (κ2) is 21.6. The summed E-state index contributed by atoms with van der Waals surface area (Å²) >= 11 is 0. The van der Waals surface area contributed by atoms with Crippen LogP contribution in [0.15, 0.2) is 152 Å². The minimum Gasteiger partial charge on any atom is -0.394 e. The van der Waals surface area contributed by atoms with Gasteiger partial charge in [-0.25, -0.2) is 0 Å². The van der Waals surface area contributed by atoms with Crippen LogP contribution in [0.4, 0.5) is 0 Å². The van der Waals surface area contributed by atoms with Crippen LogP contribution in [0, 0.1) is 0 Å². The van der Waals surface area contributed by atoms with Crippen LogP contribution < -0.4 is 0 Å². The van der Waals surface area contributed by atoms with Gasteiger partial charge in [0.2, 0.25) is 0 Å². The molecule has 11 nitrogen and oxygen atoms in total. The molecule has 58 heavy (non-hydrogen) atoms. The summed E-state index contributed by atoms with van der Waals surface area (Å²) in [5, 5.41) is 33.8. The van der Waals surface area contributed by atoms with Gasteiger partial charge in [0.15, 0.2) is 12.6 Å². The number of hydrogen-bond acceptors (Lipinski definition) is 11. The first-order chi connectivity index (χ1) is 28.6. The molecule has 0 aromatic heterocycles. The summed E-state index contributed by atoms with van der Waals surface area (Å²) in [6.07, 6.45) is -10.8. The Morgan fingerprint density at radius 2 is 0.810 bits per heavy atom. The fourth-order valence-corrected chi connectivity index (χ4v) is 7.17. The van der Waals surface area contributed by atoms with E-state index in [4.69, 9.17) is 37.9 Å². The van der Waals surface area contributed by atoms with E-state index < -0.39 is 68.0 Å². The zero-order valence-electron chi connectivity index (χ0n) is 32.3. The van der Waals surface area contributed by atoms with Gasteiger partial charge in [0, 0.05) is 0 Å². The smallest absolute Gasteiger partial charge is 0.187 e. The number of aliphatic hydroxyl groups excluding tert-OH is 3. The van der Waals surface area contributed by atoms with Crippen molar-refractivity contribution in [3.05, 3.63) is 179 Å². The highest BCUT2D eigenvalue weighted by Crippen LogP contribution is 2.35. The molecule has 0 amide bonds. The zero-order chi connectivity index (χ0) is 39.9. The largest absolute Gasteiger partial charge is 0.394 e. The molecule has 0 aliphatic carbocycles. The SMILES string of the molecule is OCC1O[C@H](O[C@@H]2C(COCc3ccccc3)OC(O)C(OCc3ccccc3)C2OCc2ccccc2)C(OCc2ccccc2)C(OCc2ccccc2)[C@@H]1O. The lowest BCUT2D eigenvalue weighted by Gasteiger charge is -2.49. The minimum absolute atomic E-state index is 0.00940. The highest BCUT2D eigenvalue weighted by atomic mass is 16.7. The molecule has 3 N–H and O–H groups in total. The van der Waals surface area contributed by atoms with Crippen LogP contribution in [-0.2, 0) is 70.9 Å². The molecule has 2 fully saturated rings. The lowest BCUT2D eigenvalue weighted by atomic mass is 9.96. The highest BCUT2D eigenvalue weighted by Gasteiger charge is 2.53. The Kier molecular flexibility index (Phi) is 15.6. The summed E-state index contributed by atoms with van der Waals surface area (Å²) in [5.74, 6) is 0. The molecule has 0 saturated carbocycles. The van der Waals surface area contributed by atoms with Gasteiger partial charge in [0.25, 0.3) is 0 Å². The summed E-state index contributed by atoms with van der Waals surface area (Å²) in [4.78, 5) is 0. The van der Waals surface area contributed by atoms with Gasteiger partial charge in [0.1, 0.15) is 48.8 Å². The molecule has 5 aromatic rings. The Morgan fingerprint density at radius 3 is 1.26 bits per heavy atom. The molecular formula is C47H52O11. The van der Waals surface area contributed by atoms with Crippen LogP contribution in [-0.4, -0.2) is 89.9 Å². The Bertz CT molecular complexity index is 1870. The summed E-state index contributed by atoms with van der Waals surface area (Å²) in [7, 11) is 0. The minimum atomic E-state index is -1.42. The van der Waals surface area contributed by atoms with Crippen LogP contribution >= 0.6 is 0 Å². The number of rotatable bonds is 19. The van der Waals surface area contributed by atoms with Crippen molar-refractivity contribution in [2.24, 2.45) is 0 Å². The van der Waals surface area contributed by atoms with Crippen molar-refractivity contribution in [1.82, 2.24) is 0 Å². The fourth-order valence-electron chi connectivity index (χ4n) is 7.17. The fraction of sp³-hybridized carbons (Fsp3) is 0.362. The second-order valence-electron chi connectivity index (χ2n) is 14.4. The van der Waals surface area contributed by atoms with Crippen LogP contribution in [0.1, 0.15) is 27.8 Å². The maximum atomic E-state index is 11.6. The van der Waals surface area contributed by atoms with Gasteiger partial charge in [-0.05, 0) is 27.8 Å². The molecule has 0 bridgehead atoms. The standard InChI is InChI=1S/C47H52O11/c48-26-38-40(49)42(52-28-34-18-8-2-9-19-34)45(55-31-37-24-14-5-15-25-37)47(57-38)58-41-39(32-51-27-33-16-6-1-7-17-33)56-46(50)44(54-30-36-22-12-4-13-23-36)43(41)53-29-35-20-10-3-11-21-35/h1-25,38-50H,26-32H2/t38?,39?,40-,41-,42?,43?,44?,45?,46?,47-/m1/s1. The van der Waals surface area contributed by atoms with Crippen molar-refractivity contribution in [3.63, 3.8) is 0 Å². The normalized spacial score (nSPS) is 27.3. The van der Waals surface area contributed by atoms with Gasteiger partial charge in [-0.15, -0.1) is 0 Å². The van der Waals surface area contributed by atoms with Crippen molar-refractivity contribution in [2.75, 3.05) is 13.2 Å². The van der Waals surface area contributed by atoms with E-state index >= 15 is 0 Å². The van der Waals surface area contributed by atoms with E-state index in [9.17, 15) is 15.3 Å². The first kappa shape index (κ1) is 41.8. The van der Waals surface area contributed by atoms with Gasteiger partial charge < -0.3 is 53.2 Å². The second-order valence-corrected chi connectivity index (χ2v) is 14.4. The number of aliphatic hydroxyl groups is 3. The van der Waals surface area contributed by atoms with Crippen LogP contribution in [0.3, 0.4) is 0 Å². The topological polar surface area (TPSA) is 135 Å². The quantitative estimate of drug-likeness (QED) is 0.0948. The molecule has 10 atom stereocenters. The third-order valence-electron chi connectivity index (χ3n) is 10.2. The van der Waals surface area contributed by atoms with Gasteiger partial charge in [-0.2, -0.15) is 0 Å².